The van der Waals surface area contributed by atoms with Crippen LogP contribution in [0.4, 0.5) is 0 Å². The van der Waals surface area contributed by atoms with Gasteiger partial charge in [-0.05, 0) is 18.8 Å². The van der Waals surface area contributed by atoms with Crippen molar-refractivity contribution in [3.8, 4) is 0 Å². The lowest BCUT2D eigenvalue weighted by atomic mass is 9.96. The van der Waals surface area contributed by atoms with Crippen LogP contribution in [0.1, 0.15) is 26.7 Å². The van der Waals surface area contributed by atoms with Crippen LogP contribution in [0.5, 0.6) is 0 Å². The Balaban J connectivity index is 2.58. The van der Waals surface area contributed by atoms with Gasteiger partial charge in [0.1, 0.15) is 6.04 Å². The Hall–Kier alpha value is -1.10. The molecule has 5 heteroatoms. The van der Waals surface area contributed by atoms with Crippen molar-refractivity contribution in [2.75, 3.05) is 13.7 Å². The van der Waals surface area contributed by atoms with Crippen molar-refractivity contribution in [1.29, 1.82) is 0 Å². The Morgan fingerprint density at radius 2 is 2.25 bits per heavy atom. The Labute approximate surface area is 95.9 Å². The van der Waals surface area contributed by atoms with Crippen molar-refractivity contribution in [3.05, 3.63) is 0 Å². The number of ether oxygens (including phenoxy) is 1. The molecule has 92 valence electrons. The van der Waals surface area contributed by atoms with E-state index in [-0.39, 0.29) is 24.5 Å². The van der Waals surface area contributed by atoms with Gasteiger partial charge in [-0.15, -0.1) is 0 Å². The van der Waals surface area contributed by atoms with E-state index in [9.17, 15) is 9.59 Å². The van der Waals surface area contributed by atoms with Crippen molar-refractivity contribution >= 4 is 11.9 Å². The molecule has 0 aromatic heterocycles. The van der Waals surface area contributed by atoms with Crippen LogP contribution >= 0.6 is 0 Å². The molecule has 0 bridgehead atoms. The van der Waals surface area contributed by atoms with Gasteiger partial charge in [-0.25, -0.2) is 0 Å². The number of esters is 1. The maximum Gasteiger partial charge on any atom is 0.325 e. The van der Waals surface area contributed by atoms with E-state index in [2.05, 4.69) is 24.5 Å². The third-order valence-corrected chi connectivity index (χ3v) is 2.74. The summed E-state index contributed by atoms with van der Waals surface area (Å²) in [4.78, 5) is 22.7. The molecule has 0 aromatic rings. The number of carbonyl (C=O) groups excluding carboxylic acids is 2. The largest absolute Gasteiger partial charge is 0.468 e. The van der Waals surface area contributed by atoms with Gasteiger partial charge in [0.05, 0.1) is 19.7 Å². The zero-order chi connectivity index (χ0) is 12.1. The maximum absolute atomic E-state index is 11.5. The molecule has 1 amide bonds. The van der Waals surface area contributed by atoms with E-state index >= 15 is 0 Å². The second-order valence-corrected chi connectivity index (χ2v) is 4.53. The van der Waals surface area contributed by atoms with Crippen molar-refractivity contribution in [2.24, 2.45) is 5.92 Å². The monoisotopic (exact) mass is 228 g/mol. The molecule has 0 saturated carbocycles. The third kappa shape index (κ3) is 3.48. The van der Waals surface area contributed by atoms with Gasteiger partial charge in [-0.3, -0.25) is 14.9 Å². The summed E-state index contributed by atoms with van der Waals surface area (Å²) in [5.41, 5.74) is 0. The van der Waals surface area contributed by atoms with E-state index in [1.807, 2.05) is 0 Å². The van der Waals surface area contributed by atoms with E-state index in [1.165, 1.54) is 7.11 Å². The Kier molecular flexibility index (Phi) is 4.73. The van der Waals surface area contributed by atoms with E-state index in [0.717, 1.165) is 12.8 Å². The molecule has 5 nitrogen and oxygen atoms in total. The van der Waals surface area contributed by atoms with Crippen LogP contribution in [0.3, 0.4) is 0 Å². The molecule has 1 aliphatic rings. The molecule has 1 aliphatic heterocycles. The second-order valence-electron chi connectivity index (χ2n) is 4.53. The van der Waals surface area contributed by atoms with Gasteiger partial charge in [0.2, 0.25) is 5.91 Å². The molecular weight excluding hydrogens is 208 g/mol. The minimum Gasteiger partial charge on any atom is -0.468 e. The van der Waals surface area contributed by atoms with Crippen LogP contribution < -0.4 is 10.6 Å². The normalized spacial score (nSPS) is 25.4. The van der Waals surface area contributed by atoms with Gasteiger partial charge in [-0.2, -0.15) is 0 Å². The first-order valence-electron chi connectivity index (χ1n) is 5.65. The molecular formula is C11H20N2O3. The van der Waals surface area contributed by atoms with Crippen molar-refractivity contribution in [2.45, 2.75) is 38.8 Å². The van der Waals surface area contributed by atoms with Gasteiger partial charge in [-0.1, -0.05) is 13.8 Å². The van der Waals surface area contributed by atoms with Gasteiger partial charge < -0.3 is 10.1 Å². The second kappa shape index (κ2) is 5.84. The first-order chi connectivity index (χ1) is 7.54. The average molecular weight is 228 g/mol. The third-order valence-electron chi connectivity index (χ3n) is 2.74. The highest BCUT2D eigenvalue weighted by atomic mass is 16.5. The van der Waals surface area contributed by atoms with Crippen LogP contribution in [-0.2, 0) is 14.3 Å². The Bertz CT molecular complexity index is 266. The molecule has 1 fully saturated rings. The number of piperazine rings is 1. The summed E-state index contributed by atoms with van der Waals surface area (Å²) in [5, 5.41) is 5.74. The van der Waals surface area contributed by atoms with Crippen molar-refractivity contribution in [3.63, 3.8) is 0 Å². The first kappa shape index (κ1) is 13.0. The summed E-state index contributed by atoms with van der Waals surface area (Å²) in [6.45, 7) is 4.41. The summed E-state index contributed by atoms with van der Waals surface area (Å²) < 4.78 is 4.71. The van der Waals surface area contributed by atoms with E-state index in [0.29, 0.717) is 5.92 Å². The van der Waals surface area contributed by atoms with E-state index < -0.39 is 6.04 Å². The molecule has 0 aliphatic carbocycles. The van der Waals surface area contributed by atoms with E-state index in [1.54, 1.807) is 0 Å². The SMILES string of the molecule is COC(=O)C1NCC(=O)NC1CCC(C)C. The molecule has 0 aromatic carbocycles. The fraction of sp³-hybridized carbons (Fsp3) is 0.818. The van der Waals surface area contributed by atoms with Crippen LogP contribution in [0.2, 0.25) is 0 Å². The Morgan fingerprint density at radius 1 is 1.56 bits per heavy atom. The van der Waals surface area contributed by atoms with Crippen molar-refractivity contribution in [1.82, 2.24) is 10.6 Å². The van der Waals surface area contributed by atoms with Crippen molar-refractivity contribution < 1.29 is 14.3 Å². The molecule has 0 radical (unpaired) electrons. The highest BCUT2D eigenvalue weighted by Gasteiger charge is 2.33. The number of amides is 1. The first-order valence-corrected chi connectivity index (χ1v) is 5.65. The number of hydrogen-bond donors (Lipinski definition) is 2. The highest BCUT2D eigenvalue weighted by Crippen LogP contribution is 2.12. The van der Waals surface area contributed by atoms with Crippen LogP contribution in [-0.4, -0.2) is 37.6 Å². The molecule has 1 heterocycles. The zero-order valence-electron chi connectivity index (χ0n) is 10.1. The fourth-order valence-electron chi connectivity index (χ4n) is 1.81. The molecule has 2 atom stereocenters. The van der Waals surface area contributed by atoms with E-state index in [4.69, 9.17) is 4.74 Å². The minimum absolute atomic E-state index is 0.0612. The summed E-state index contributed by atoms with van der Waals surface area (Å²) in [7, 11) is 1.36. The lowest BCUT2D eigenvalue weighted by Gasteiger charge is -2.31. The number of methoxy groups -OCH3 is 1. The zero-order valence-corrected chi connectivity index (χ0v) is 10.1. The predicted molar refractivity (Wildman–Crippen MR) is 59.8 cm³/mol. The quantitative estimate of drug-likeness (QED) is 0.667. The molecule has 1 saturated heterocycles. The molecule has 2 N–H and O–H groups in total. The lowest BCUT2D eigenvalue weighted by molar-refractivity contribution is -0.145. The van der Waals surface area contributed by atoms with Crippen LogP contribution in [0.15, 0.2) is 0 Å². The summed E-state index contributed by atoms with van der Waals surface area (Å²) in [6.07, 6.45) is 1.76. The Morgan fingerprint density at radius 3 is 2.81 bits per heavy atom. The van der Waals surface area contributed by atoms with Gasteiger partial charge in [0.15, 0.2) is 0 Å². The number of hydrogen-bond acceptors (Lipinski definition) is 4. The molecule has 16 heavy (non-hydrogen) atoms. The number of carbonyl (C=O) groups is 2. The maximum atomic E-state index is 11.5. The molecule has 0 spiro atoms. The van der Waals surface area contributed by atoms with Crippen LogP contribution in [0.25, 0.3) is 0 Å². The fourth-order valence-corrected chi connectivity index (χ4v) is 1.81. The molecule has 1 rings (SSSR count). The molecule has 2 unspecified atom stereocenters. The standard InChI is InChI=1S/C11H20N2O3/c1-7(2)4-5-8-10(11(15)16-3)12-6-9(14)13-8/h7-8,10,12H,4-6H2,1-3H3,(H,13,14). The van der Waals surface area contributed by atoms with Gasteiger partial charge in [0.25, 0.3) is 0 Å². The number of nitrogens with one attached hydrogen (secondary N) is 2. The van der Waals surface area contributed by atoms with Gasteiger partial charge in [0, 0.05) is 0 Å². The lowest BCUT2D eigenvalue weighted by Crippen LogP contribution is -2.62. The predicted octanol–water partition coefficient (Wildman–Crippen LogP) is 0.0522. The summed E-state index contributed by atoms with van der Waals surface area (Å²) in [6, 6.07) is -0.572. The van der Waals surface area contributed by atoms with Crippen LogP contribution in [0, 0.1) is 5.92 Å². The smallest absolute Gasteiger partial charge is 0.325 e. The number of rotatable bonds is 4. The average Bonchev–Trinajstić information content (AvgIpc) is 2.25. The highest BCUT2D eigenvalue weighted by molar-refractivity contribution is 5.84. The van der Waals surface area contributed by atoms with Gasteiger partial charge >= 0.3 is 5.97 Å². The topological polar surface area (TPSA) is 67.4 Å². The summed E-state index contributed by atoms with van der Waals surface area (Å²) in [5.74, 6) is 0.180. The minimum atomic E-state index is -0.415. The summed E-state index contributed by atoms with van der Waals surface area (Å²) >= 11 is 0.